The van der Waals surface area contributed by atoms with Crippen molar-refractivity contribution in [2.45, 2.75) is 0 Å². The number of benzene rings is 13. The Morgan fingerprint density at radius 3 is 0.862 bits per heavy atom. The van der Waals surface area contributed by atoms with Crippen LogP contribution in [0.25, 0.3) is 178 Å². The summed E-state index contributed by atoms with van der Waals surface area (Å²) in [6.45, 7) is 0. The zero-order valence-corrected chi connectivity index (χ0v) is 50.4. The molecule has 0 saturated carbocycles. The van der Waals surface area contributed by atoms with E-state index in [0.29, 0.717) is 34.9 Å². The first-order chi connectivity index (χ1) is 46.6. The lowest BCUT2D eigenvalue weighted by Gasteiger charge is -2.09. The molecule has 6 heterocycles. The lowest BCUT2D eigenvalue weighted by molar-refractivity contribution is 0.672. The van der Waals surface area contributed by atoms with E-state index in [4.69, 9.17) is 38.7 Å². The van der Waals surface area contributed by atoms with Crippen LogP contribution in [0.1, 0.15) is 0 Å². The highest BCUT2D eigenvalue weighted by Gasteiger charge is 2.23. The third-order valence-electron chi connectivity index (χ3n) is 17.7. The first kappa shape index (κ1) is 54.1. The molecule has 440 valence electrons. The summed E-state index contributed by atoms with van der Waals surface area (Å²) in [5, 5.41) is 8.80. The molecule has 0 fully saturated rings. The van der Waals surface area contributed by atoms with Crippen LogP contribution in [0.2, 0.25) is 0 Å². The van der Waals surface area contributed by atoms with E-state index in [-0.39, 0.29) is 0 Å². The number of furan rings is 2. The van der Waals surface area contributed by atoms with Crippen LogP contribution in [-0.4, -0.2) is 39.0 Å². The van der Waals surface area contributed by atoms with E-state index in [0.717, 1.165) is 138 Å². The molecule has 0 bridgehead atoms. The summed E-state index contributed by atoms with van der Waals surface area (Å²) in [5.74, 6) is 3.70. The Balaban J connectivity index is 0.000000139. The largest absolute Gasteiger partial charge is 0.455 e. The number of para-hydroxylation sites is 4. The SMILES string of the molecule is c1ccc(-c2ccc(-c3nc(-c4ccccc4)nc(-c4ccc5c(c4)oc4c5ccc5c4c4ccccc4n5-c4ccccc4)n3)cc2)cc1.c1ccc(-c2nc(-c3ccccc3)nc(-c3ccc4c(c3)oc3c4ccc4c3c3ccccc3n4-c3ccccc3)n2)cc1. The number of fused-ring (bicyclic) bond motifs is 14. The van der Waals surface area contributed by atoms with Gasteiger partial charge in [-0.05, 0) is 96.1 Å². The van der Waals surface area contributed by atoms with Gasteiger partial charge in [0.2, 0.25) is 0 Å². The van der Waals surface area contributed by atoms with Gasteiger partial charge in [0.05, 0.1) is 32.8 Å². The fraction of sp³-hybridized carbons (Fsp3) is 0. The Morgan fingerprint density at radius 1 is 0.202 bits per heavy atom. The Hall–Kier alpha value is -12.9. The predicted octanol–water partition coefficient (Wildman–Crippen LogP) is 21.4. The molecule has 0 aliphatic carbocycles. The molecule has 0 spiro atoms. The number of rotatable bonds is 9. The van der Waals surface area contributed by atoms with Crippen LogP contribution in [0.4, 0.5) is 0 Å². The predicted molar refractivity (Wildman–Crippen MR) is 381 cm³/mol. The van der Waals surface area contributed by atoms with Crippen LogP contribution >= 0.6 is 0 Å². The molecule has 19 aromatic rings. The van der Waals surface area contributed by atoms with Crippen LogP contribution in [-0.2, 0) is 0 Å². The highest BCUT2D eigenvalue weighted by Crippen LogP contribution is 2.44. The molecule has 0 aliphatic heterocycles. The van der Waals surface area contributed by atoms with Crippen molar-refractivity contribution < 1.29 is 8.83 Å². The van der Waals surface area contributed by atoms with Gasteiger partial charge in [0, 0.05) is 77.1 Å². The third kappa shape index (κ3) is 9.35. The maximum Gasteiger partial charge on any atom is 0.164 e. The van der Waals surface area contributed by atoms with E-state index in [1.807, 2.05) is 109 Å². The van der Waals surface area contributed by atoms with Gasteiger partial charge in [-0.25, -0.2) is 29.9 Å². The fourth-order valence-electron chi connectivity index (χ4n) is 13.3. The minimum absolute atomic E-state index is 0.592. The smallest absolute Gasteiger partial charge is 0.164 e. The van der Waals surface area contributed by atoms with Crippen molar-refractivity contribution in [1.29, 1.82) is 0 Å². The lowest BCUT2D eigenvalue weighted by atomic mass is 10.0. The summed E-state index contributed by atoms with van der Waals surface area (Å²) in [6.07, 6.45) is 0. The summed E-state index contributed by atoms with van der Waals surface area (Å²) in [7, 11) is 0. The van der Waals surface area contributed by atoms with Crippen LogP contribution in [0, 0.1) is 0 Å². The summed E-state index contributed by atoms with van der Waals surface area (Å²) in [6, 6.07) is 108. The normalized spacial score (nSPS) is 11.6. The van der Waals surface area contributed by atoms with Gasteiger partial charge in [-0.2, -0.15) is 0 Å². The summed E-state index contributed by atoms with van der Waals surface area (Å²) in [4.78, 5) is 29.6. The molecular formula is C84H52N8O2. The molecule has 0 aliphatic rings. The Labute approximate surface area is 538 Å². The second-order valence-electron chi connectivity index (χ2n) is 23.3. The Bertz CT molecular complexity index is 6010. The molecule has 0 unspecified atom stereocenters. The van der Waals surface area contributed by atoms with Crippen LogP contribution in [0.15, 0.2) is 324 Å². The van der Waals surface area contributed by atoms with Crippen LogP contribution in [0.5, 0.6) is 0 Å². The Kier molecular flexibility index (Phi) is 13.0. The molecular weight excluding hydrogens is 1150 g/mol. The van der Waals surface area contributed by atoms with Crippen molar-refractivity contribution in [3.63, 3.8) is 0 Å². The Morgan fingerprint density at radius 2 is 0.479 bits per heavy atom. The van der Waals surface area contributed by atoms with Gasteiger partial charge in [-0.1, -0.05) is 231 Å². The molecule has 0 saturated heterocycles. The first-order valence-electron chi connectivity index (χ1n) is 31.3. The van der Waals surface area contributed by atoms with E-state index < -0.39 is 0 Å². The second-order valence-corrected chi connectivity index (χ2v) is 23.3. The van der Waals surface area contributed by atoms with Crippen molar-refractivity contribution in [3.05, 3.63) is 315 Å². The quantitative estimate of drug-likeness (QED) is 0.140. The van der Waals surface area contributed by atoms with Crippen molar-refractivity contribution in [2.24, 2.45) is 0 Å². The average molecular weight is 1210 g/mol. The molecule has 10 nitrogen and oxygen atoms in total. The van der Waals surface area contributed by atoms with Crippen LogP contribution < -0.4 is 0 Å². The summed E-state index contributed by atoms with van der Waals surface area (Å²) < 4.78 is 18.1. The topological polar surface area (TPSA) is 113 Å². The van der Waals surface area contributed by atoms with Gasteiger partial charge >= 0.3 is 0 Å². The van der Waals surface area contributed by atoms with Crippen molar-refractivity contribution in [2.75, 3.05) is 0 Å². The van der Waals surface area contributed by atoms with Gasteiger partial charge in [0.1, 0.15) is 22.3 Å². The molecule has 0 radical (unpaired) electrons. The maximum atomic E-state index is 6.79. The standard InChI is InChI=1S/C45H28N4O.C39H24N4O/c1-4-12-29(13-5-1)30-20-22-32(23-21-30)44-46-43(31-14-6-2-7-15-31)47-45(48-44)33-24-25-35-36-26-27-39-41(42(36)50-40(35)28-33)37-18-10-11-19-38(37)49(39)34-16-8-3-9-17-34;1-4-12-25(13-5-1)37-40-38(26-14-6-2-7-15-26)42-39(41-37)27-20-21-29-30-22-23-33-35(36(30)44-34(29)24-27)31-18-10-11-19-32(31)43(33)28-16-8-3-9-17-28/h1-28H;1-24H. The third-order valence-corrected chi connectivity index (χ3v) is 17.7. The number of hydrogen-bond donors (Lipinski definition) is 0. The summed E-state index contributed by atoms with van der Waals surface area (Å²) in [5.41, 5.74) is 17.9. The molecule has 6 aromatic heterocycles. The second kappa shape index (κ2) is 22.5. The molecule has 0 amide bonds. The van der Waals surface area contributed by atoms with Crippen molar-refractivity contribution in [3.8, 4) is 90.8 Å². The minimum Gasteiger partial charge on any atom is -0.455 e. The zero-order chi connectivity index (χ0) is 62.1. The fourth-order valence-corrected chi connectivity index (χ4v) is 13.3. The van der Waals surface area contributed by atoms with Gasteiger partial charge in [-0.15, -0.1) is 0 Å². The van der Waals surface area contributed by atoms with E-state index in [2.05, 4.69) is 215 Å². The average Bonchev–Trinajstić information content (AvgIpc) is 1.57. The highest BCUT2D eigenvalue weighted by molar-refractivity contribution is 6.25. The number of hydrogen-bond acceptors (Lipinski definition) is 8. The van der Waals surface area contributed by atoms with Crippen LogP contribution in [0.3, 0.4) is 0 Å². The monoisotopic (exact) mass is 1200 g/mol. The van der Waals surface area contributed by atoms with Gasteiger partial charge in [0.25, 0.3) is 0 Å². The van der Waals surface area contributed by atoms with E-state index in [1.54, 1.807) is 0 Å². The zero-order valence-electron chi connectivity index (χ0n) is 50.4. The van der Waals surface area contributed by atoms with Crippen molar-refractivity contribution >= 4 is 87.5 Å². The van der Waals surface area contributed by atoms with Gasteiger partial charge < -0.3 is 18.0 Å². The molecule has 13 aromatic carbocycles. The van der Waals surface area contributed by atoms with Gasteiger partial charge in [-0.3, -0.25) is 0 Å². The van der Waals surface area contributed by atoms with E-state index in [1.165, 1.54) is 5.56 Å². The number of nitrogens with zero attached hydrogens (tertiary/aromatic N) is 8. The maximum absolute atomic E-state index is 6.79. The lowest BCUT2D eigenvalue weighted by Crippen LogP contribution is -2.00. The van der Waals surface area contributed by atoms with E-state index >= 15 is 0 Å². The minimum atomic E-state index is 0.592. The first-order valence-corrected chi connectivity index (χ1v) is 31.3. The van der Waals surface area contributed by atoms with Crippen molar-refractivity contribution in [1.82, 2.24) is 39.0 Å². The molecule has 0 N–H and O–H groups in total. The molecule has 94 heavy (non-hydrogen) atoms. The molecule has 19 rings (SSSR count). The van der Waals surface area contributed by atoms with Gasteiger partial charge in [0.15, 0.2) is 34.9 Å². The molecule has 0 atom stereocenters. The number of aromatic nitrogens is 8. The highest BCUT2D eigenvalue weighted by atomic mass is 16.3. The molecule has 10 heteroatoms. The summed E-state index contributed by atoms with van der Waals surface area (Å²) >= 11 is 0. The van der Waals surface area contributed by atoms with E-state index in [9.17, 15) is 0 Å².